The molecule has 1 aromatic rings. The Morgan fingerprint density at radius 1 is 1.24 bits per heavy atom. The van der Waals surface area contributed by atoms with Crippen molar-refractivity contribution in [2.45, 2.75) is 31.7 Å². The first-order valence-electron chi connectivity index (χ1n) is 6.61. The molecule has 0 fully saturated rings. The number of hydrogen-bond acceptors (Lipinski definition) is 4. The van der Waals surface area contributed by atoms with Crippen molar-refractivity contribution in [1.29, 1.82) is 0 Å². The predicted molar refractivity (Wildman–Crippen MR) is 85.6 cm³/mol. The number of carbonyl (C=O) groups is 1. The lowest BCUT2D eigenvalue weighted by Crippen LogP contribution is -2.36. The second-order valence-electron chi connectivity index (χ2n) is 5.52. The van der Waals surface area contributed by atoms with E-state index in [4.69, 9.17) is 10.7 Å². The molecule has 0 aliphatic carbocycles. The summed E-state index contributed by atoms with van der Waals surface area (Å²) in [5.41, 5.74) is 0.714. The third-order valence-electron chi connectivity index (χ3n) is 3.33. The fourth-order valence-corrected chi connectivity index (χ4v) is 2.82. The molecule has 0 radical (unpaired) electrons. The zero-order valence-corrected chi connectivity index (χ0v) is 14.4. The van der Waals surface area contributed by atoms with Gasteiger partial charge in [-0.3, -0.25) is 4.79 Å². The van der Waals surface area contributed by atoms with Gasteiger partial charge in [-0.15, -0.1) is 0 Å². The number of halogens is 1. The summed E-state index contributed by atoms with van der Waals surface area (Å²) in [5.74, 6) is -0.0331. The van der Waals surface area contributed by atoms with Crippen molar-refractivity contribution in [3.05, 3.63) is 23.8 Å². The van der Waals surface area contributed by atoms with Crippen LogP contribution < -0.4 is 10.2 Å². The normalized spacial score (nSPS) is 13.1. The Morgan fingerprint density at radius 3 is 2.24 bits per heavy atom. The molecule has 0 spiro atoms. The van der Waals surface area contributed by atoms with Gasteiger partial charge in [0.1, 0.15) is 4.90 Å². The van der Waals surface area contributed by atoms with Gasteiger partial charge in [-0.2, -0.15) is 0 Å². The molecule has 1 N–H and O–H groups in total. The maximum Gasteiger partial charge on any atom is 0.263 e. The minimum Gasteiger partial charge on any atom is -0.377 e. The highest BCUT2D eigenvalue weighted by atomic mass is 35.7. The lowest BCUT2D eigenvalue weighted by atomic mass is 10.1. The summed E-state index contributed by atoms with van der Waals surface area (Å²) in [7, 11) is 4.95. The molecule has 21 heavy (non-hydrogen) atoms. The van der Waals surface area contributed by atoms with Crippen molar-refractivity contribution in [3.63, 3.8) is 0 Å². The van der Waals surface area contributed by atoms with Crippen LogP contribution in [0, 0.1) is 5.92 Å². The molecule has 0 saturated carbocycles. The second-order valence-corrected chi connectivity index (χ2v) is 8.06. The summed E-state index contributed by atoms with van der Waals surface area (Å²) >= 11 is 0. The zero-order valence-electron chi connectivity index (χ0n) is 12.8. The van der Waals surface area contributed by atoms with Gasteiger partial charge in [0, 0.05) is 36.4 Å². The van der Waals surface area contributed by atoms with Crippen molar-refractivity contribution >= 4 is 31.3 Å². The third kappa shape index (κ3) is 4.61. The Labute approximate surface area is 130 Å². The number of amides is 1. The van der Waals surface area contributed by atoms with Gasteiger partial charge in [-0.25, -0.2) is 8.42 Å². The molecule has 1 rings (SSSR count). The summed E-state index contributed by atoms with van der Waals surface area (Å²) < 4.78 is 23.3. The number of nitrogens with one attached hydrogen (secondary N) is 1. The van der Waals surface area contributed by atoms with Gasteiger partial charge in [0.25, 0.3) is 15.0 Å². The topological polar surface area (TPSA) is 66.5 Å². The molecular formula is C14H21ClN2O3S. The van der Waals surface area contributed by atoms with E-state index in [1.165, 1.54) is 6.07 Å². The summed E-state index contributed by atoms with van der Waals surface area (Å²) in [4.78, 5) is 13.7. The minimum atomic E-state index is -3.93. The number of anilines is 1. The van der Waals surface area contributed by atoms with E-state index in [9.17, 15) is 13.2 Å². The first-order chi connectivity index (χ1) is 9.54. The first kappa shape index (κ1) is 17.8. The van der Waals surface area contributed by atoms with Crippen molar-refractivity contribution in [2.24, 2.45) is 5.92 Å². The van der Waals surface area contributed by atoms with Gasteiger partial charge in [0.05, 0.1) is 5.69 Å². The van der Waals surface area contributed by atoms with Crippen LogP contribution in [0.25, 0.3) is 0 Å². The highest BCUT2D eigenvalue weighted by Crippen LogP contribution is 2.28. The fourth-order valence-electron chi connectivity index (χ4n) is 1.68. The third-order valence-corrected chi connectivity index (χ3v) is 4.68. The smallest absolute Gasteiger partial charge is 0.263 e. The molecule has 1 aromatic carbocycles. The molecule has 0 aromatic heterocycles. The van der Waals surface area contributed by atoms with E-state index in [1.807, 2.05) is 20.8 Å². The lowest BCUT2D eigenvalue weighted by molar-refractivity contribution is 0.0930. The standard InChI is InChI=1S/C14H21ClN2O3S/c1-9(2)10(3)16-14(18)11-6-7-12(17(4)5)13(8-11)21(15,19)20/h6-10H,1-5H3,(H,16,18). The summed E-state index contributed by atoms with van der Waals surface area (Å²) in [6.07, 6.45) is 0. The SMILES string of the molecule is CC(C)C(C)NC(=O)c1ccc(N(C)C)c(S(=O)(=O)Cl)c1. The molecule has 1 atom stereocenters. The Kier molecular flexibility index (Phi) is 5.64. The molecular weight excluding hydrogens is 312 g/mol. The number of carbonyl (C=O) groups excluding carboxylic acids is 1. The van der Waals surface area contributed by atoms with Crippen LogP contribution in [-0.4, -0.2) is 34.5 Å². The molecule has 0 heterocycles. The Bertz CT molecular complexity index is 627. The van der Waals surface area contributed by atoms with Crippen molar-refractivity contribution in [2.75, 3.05) is 19.0 Å². The van der Waals surface area contributed by atoms with Crippen molar-refractivity contribution in [3.8, 4) is 0 Å². The van der Waals surface area contributed by atoms with E-state index in [-0.39, 0.29) is 28.3 Å². The van der Waals surface area contributed by atoms with Gasteiger partial charge >= 0.3 is 0 Å². The van der Waals surface area contributed by atoms with E-state index in [2.05, 4.69) is 5.32 Å². The van der Waals surface area contributed by atoms with Gasteiger partial charge in [0.15, 0.2) is 0 Å². The highest BCUT2D eigenvalue weighted by Gasteiger charge is 2.20. The molecule has 0 bridgehead atoms. The van der Waals surface area contributed by atoms with Crippen LogP contribution in [0.3, 0.4) is 0 Å². The monoisotopic (exact) mass is 332 g/mol. The summed E-state index contributed by atoms with van der Waals surface area (Å²) in [6, 6.07) is 4.45. The number of nitrogens with zero attached hydrogens (tertiary/aromatic N) is 1. The van der Waals surface area contributed by atoms with E-state index in [1.54, 1.807) is 31.1 Å². The number of rotatable bonds is 5. The maximum atomic E-state index is 12.2. The van der Waals surface area contributed by atoms with Crippen LogP contribution in [0.15, 0.2) is 23.1 Å². The largest absolute Gasteiger partial charge is 0.377 e. The van der Waals surface area contributed by atoms with Crippen molar-refractivity contribution < 1.29 is 13.2 Å². The van der Waals surface area contributed by atoms with Crippen LogP contribution in [0.2, 0.25) is 0 Å². The Morgan fingerprint density at radius 2 is 1.81 bits per heavy atom. The second kappa shape index (κ2) is 6.66. The van der Waals surface area contributed by atoms with Gasteiger partial charge in [-0.05, 0) is 31.0 Å². The minimum absolute atomic E-state index is 0.0120. The predicted octanol–water partition coefficient (Wildman–Crippen LogP) is 2.45. The molecule has 0 aliphatic rings. The Hall–Kier alpha value is -1.27. The first-order valence-corrected chi connectivity index (χ1v) is 8.92. The lowest BCUT2D eigenvalue weighted by Gasteiger charge is -2.19. The molecule has 118 valence electrons. The van der Waals surface area contributed by atoms with E-state index in [0.717, 1.165) is 0 Å². The van der Waals surface area contributed by atoms with Crippen LogP contribution in [-0.2, 0) is 9.05 Å². The molecule has 1 amide bonds. The quantitative estimate of drug-likeness (QED) is 0.841. The van der Waals surface area contributed by atoms with E-state index in [0.29, 0.717) is 5.69 Å². The van der Waals surface area contributed by atoms with Crippen LogP contribution >= 0.6 is 10.7 Å². The molecule has 1 unspecified atom stereocenters. The van der Waals surface area contributed by atoms with Gasteiger partial charge < -0.3 is 10.2 Å². The van der Waals surface area contributed by atoms with Gasteiger partial charge in [-0.1, -0.05) is 13.8 Å². The highest BCUT2D eigenvalue weighted by molar-refractivity contribution is 8.13. The Balaban J connectivity index is 3.20. The maximum absolute atomic E-state index is 12.2. The average Bonchev–Trinajstić information content (AvgIpc) is 2.36. The molecule has 0 aliphatic heterocycles. The summed E-state index contributed by atoms with van der Waals surface area (Å²) in [5, 5.41) is 2.83. The van der Waals surface area contributed by atoms with Crippen LogP contribution in [0.4, 0.5) is 5.69 Å². The van der Waals surface area contributed by atoms with E-state index < -0.39 is 9.05 Å². The molecule has 7 heteroatoms. The van der Waals surface area contributed by atoms with Gasteiger partial charge in [0.2, 0.25) is 0 Å². The number of hydrogen-bond donors (Lipinski definition) is 1. The average molecular weight is 333 g/mol. The van der Waals surface area contributed by atoms with Crippen LogP contribution in [0.1, 0.15) is 31.1 Å². The fraction of sp³-hybridized carbons (Fsp3) is 0.500. The molecule has 0 saturated heterocycles. The van der Waals surface area contributed by atoms with Crippen molar-refractivity contribution in [1.82, 2.24) is 5.32 Å². The number of benzene rings is 1. The van der Waals surface area contributed by atoms with Crippen LogP contribution in [0.5, 0.6) is 0 Å². The zero-order chi connectivity index (χ0) is 16.4. The molecule has 5 nitrogen and oxygen atoms in total. The van der Waals surface area contributed by atoms with E-state index >= 15 is 0 Å². The summed E-state index contributed by atoms with van der Waals surface area (Å²) in [6.45, 7) is 5.89.